The van der Waals surface area contributed by atoms with E-state index in [2.05, 4.69) is 41.2 Å². The van der Waals surface area contributed by atoms with E-state index in [1.54, 1.807) is 12.1 Å². The van der Waals surface area contributed by atoms with E-state index in [1.165, 1.54) is 11.6 Å². The standard InChI is InChI=1S/C17H19BrFN/c1-3-17(13-7-6-8-14(19)11-13)20-12(2)15-9-4-5-10-16(15)18/h4-12,17,20H,3H2,1-2H3/t12-,17?/m0/s1. The zero-order valence-electron chi connectivity index (χ0n) is 11.7. The number of hydrogen-bond acceptors (Lipinski definition) is 1. The second kappa shape index (κ2) is 7.00. The maximum atomic E-state index is 13.4. The Bertz CT molecular complexity index is 570. The lowest BCUT2D eigenvalue weighted by atomic mass is 10.0. The van der Waals surface area contributed by atoms with E-state index in [1.807, 2.05) is 24.3 Å². The molecule has 0 spiro atoms. The summed E-state index contributed by atoms with van der Waals surface area (Å²) in [5, 5.41) is 3.57. The molecule has 0 bridgehead atoms. The van der Waals surface area contributed by atoms with E-state index in [-0.39, 0.29) is 17.9 Å². The highest BCUT2D eigenvalue weighted by Crippen LogP contribution is 2.27. The summed E-state index contributed by atoms with van der Waals surface area (Å²) < 4.78 is 14.4. The van der Waals surface area contributed by atoms with Crippen molar-refractivity contribution in [1.29, 1.82) is 0 Å². The first kappa shape index (κ1) is 15.2. The summed E-state index contributed by atoms with van der Waals surface area (Å²) in [6.45, 7) is 4.23. The second-order valence-corrected chi connectivity index (χ2v) is 5.78. The second-order valence-electron chi connectivity index (χ2n) is 4.93. The van der Waals surface area contributed by atoms with Crippen LogP contribution in [0.15, 0.2) is 53.0 Å². The lowest BCUT2D eigenvalue weighted by molar-refractivity contribution is 0.453. The fraction of sp³-hybridized carbons (Fsp3) is 0.294. The largest absolute Gasteiger partial charge is 0.303 e. The van der Waals surface area contributed by atoms with Gasteiger partial charge in [0.1, 0.15) is 5.82 Å². The number of benzene rings is 2. The molecule has 2 aromatic carbocycles. The third-order valence-corrected chi connectivity index (χ3v) is 4.20. The normalized spacial score (nSPS) is 14.0. The van der Waals surface area contributed by atoms with Gasteiger partial charge in [-0.2, -0.15) is 0 Å². The van der Waals surface area contributed by atoms with Crippen molar-refractivity contribution < 1.29 is 4.39 Å². The number of rotatable bonds is 5. The molecule has 2 aromatic rings. The minimum atomic E-state index is -0.184. The number of halogens is 2. The highest BCUT2D eigenvalue weighted by atomic mass is 79.9. The van der Waals surface area contributed by atoms with E-state index < -0.39 is 0 Å². The van der Waals surface area contributed by atoms with Gasteiger partial charge in [-0.3, -0.25) is 0 Å². The molecule has 0 aliphatic rings. The van der Waals surface area contributed by atoms with Crippen LogP contribution in [0.5, 0.6) is 0 Å². The molecule has 1 N–H and O–H groups in total. The molecule has 2 rings (SSSR count). The Morgan fingerprint density at radius 1 is 1.15 bits per heavy atom. The minimum Gasteiger partial charge on any atom is -0.303 e. The molecule has 0 saturated heterocycles. The molecule has 0 saturated carbocycles. The summed E-state index contributed by atoms with van der Waals surface area (Å²) >= 11 is 3.58. The van der Waals surface area contributed by atoms with E-state index in [0.717, 1.165) is 16.5 Å². The van der Waals surface area contributed by atoms with Gasteiger partial charge in [0, 0.05) is 16.6 Å². The highest BCUT2D eigenvalue weighted by Gasteiger charge is 2.15. The molecular formula is C17H19BrFN. The smallest absolute Gasteiger partial charge is 0.123 e. The highest BCUT2D eigenvalue weighted by molar-refractivity contribution is 9.10. The van der Waals surface area contributed by atoms with Crippen molar-refractivity contribution >= 4 is 15.9 Å². The molecule has 1 unspecified atom stereocenters. The quantitative estimate of drug-likeness (QED) is 0.772. The van der Waals surface area contributed by atoms with Gasteiger partial charge in [-0.05, 0) is 42.7 Å². The molecule has 0 aliphatic carbocycles. The van der Waals surface area contributed by atoms with Crippen LogP contribution < -0.4 is 5.32 Å². The predicted molar refractivity (Wildman–Crippen MR) is 85.1 cm³/mol. The van der Waals surface area contributed by atoms with Gasteiger partial charge in [0.05, 0.1) is 0 Å². The fourth-order valence-corrected chi connectivity index (χ4v) is 3.02. The minimum absolute atomic E-state index is 0.146. The SMILES string of the molecule is CCC(N[C@@H](C)c1ccccc1Br)c1cccc(F)c1. The third-order valence-electron chi connectivity index (χ3n) is 3.48. The van der Waals surface area contributed by atoms with Gasteiger partial charge in [-0.1, -0.05) is 53.2 Å². The van der Waals surface area contributed by atoms with Gasteiger partial charge < -0.3 is 5.32 Å². The molecule has 0 fully saturated rings. The van der Waals surface area contributed by atoms with Gasteiger partial charge in [0.2, 0.25) is 0 Å². The Labute approximate surface area is 128 Å². The Morgan fingerprint density at radius 3 is 2.55 bits per heavy atom. The van der Waals surface area contributed by atoms with Crippen molar-refractivity contribution in [2.75, 3.05) is 0 Å². The van der Waals surface area contributed by atoms with Gasteiger partial charge in [0.15, 0.2) is 0 Å². The average Bonchev–Trinajstić information content (AvgIpc) is 2.45. The Hall–Kier alpha value is -1.19. The van der Waals surface area contributed by atoms with Crippen LogP contribution >= 0.6 is 15.9 Å². The topological polar surface area (TPSA) is 12.0 Å². The lowest BCUT2D eigenvalue weighted by Crippen LogP contribution is -2.24. The van der Waals surface area contributed by atoms with Crippen molar-refractivity contribution in [3.8, 4) is 0 Å². The maximum Gasteiger partial charge on any atom is 0.123 e. The Morgan fingerprint density at radius 2 is 1.90 bits per heavy atom. The van der Waals surface area contributed by atoms with Crippen LogP contribution in [0.3, 0.4) is 0 Å². The molecule has 0 radical (unpaired) electrons. The molecule has 0 amide bonds. The van der Waals surface area contributed by atoms with Crippen molar-refractivity contribution in [1.82, 2.24) is 5.32 Å². The Balaban J connectivity index is 2.16. The summed E-state index contributed by atoms with van der Waals surface area (Å²) in [6, 6.07) is 15.3. The lowest BCUT2D eigenvalue weighted by Gasteiger charge is -2.24. The first-order valence-electron chi connectivity index (χ1n) is 6.87. The van der Waals surface area contributed by atoms with E-state index in [4.69, 9.17) is 0 Å². The summed E-state index contributed by atoms with van der Waals surface area (Å²) in [5.74, 6) is -0.184. The van der Waals surface area contributed by atoms with Crippen molar-refractivity contribution in [3.05, 3.63) is 69.9 Å². The summed E-state index contributed by atoms with van der Waals surface area (Å²) in [6.07, 6.45) is 0.915. The molecule has 2 atom stereocenters. The summed E-state index contributed by atoms with van der Waals surface area (Å²) in [7, 11) is 0. The molecule has 20 heavy (non-hydrogen) atoms. The zero-order valence-corrected chi connectivity index (χ0v) is 13.3. The molecule has 0 aromatic heterocycles. The van der Waals surface area contributed by atoms with Crippen molar-refractivity contribution in [2.24, 2.45) is 0 Å². The third kappa shape index (κ3) is 3.68. The van der Waals surface area contributed by atoms with E-state index in [9.17, 15) is 4.39 Å². The maximum absolute atomic E-state index is 13.4. The van der Waals surface area contributed by atoms with Crippen LogP contribution in [-0.4, -0.2) is 0 Å². The van der Waals surface area contributed by atoms with Crippen LogP contribution in [0.25, 0.3) is 0 Å². The number of hydrogen-bond donors (Lipinski definition) is 1. The van der Waals surface area contributed by atoms with E-state index in [0.29, 0.717) is 0 Å². The van der Waals surface area contributed by atoms with Crippen LogP contribution in [0.1, 0.15) is 43.5 Å². The van der Waals surface area contributed by atoms with Crippen LogP contribution in [0.4, 0.5) is 4.39 Å². The monoisotopic (exact) mass is 335 g/mol. The van der Waals surface area contributed by atoms with Gasteiger partial charge in [-0.15, -0.1) is 0 Å². The van der Waals surface area contributed by atoms with Crippen LogP contribution in [-0.2, 0) is 0 Å². The van der Waals surface area contributed by atoms with Crippen molar-refractivity contribution in [3.63, 3.8) is 0 Å². The van der Waals surface area contributed by atoms with Crippen LogP contribution in [0.2, 0.25) is 0 Å². The van der Waals surface area contributed by atoms with Crippen LogP contribution in [0, 0.1) is 5.82 Å². The fourth-order valence-electron chi connectivity index (χ4n) is 2.39. The molecule has 1 nitrogen and oxygen atoms in total. The predicted octanol–water partition coefficient (Wildman–Crippen LogP) is 5.39. The molecule has 3 heteroatoms. The summed E-state index contributed by atoms with van der Waals surface area (Å²) in [5.41, 5.74) is 2.20. The van der Waals surface area contributed by atoms with Gasteiger partial charge >= 0.3 is 0 Å². The number of nitrogens with one attached hydrogen (secondary N) is 1. The van der Waals surface area contributed by atoms with Gasteiger partial charge in [-0.25, -0.2) is 4.39 Å². The molecule has 106 valence electrons. The molecule has 0 aliphatic heterocycles. The van der Waals surface area contributed by atoms with Gasteiger partial charge in [0.25, 0.3) is 0 Å². The molecule has 0 heterocycles. The summed E-state index contributed by atoms with van der Waals surface area (Å²) in [4.78, 5) is 0. The zero-order chi connectivity index (χ0) is 14.5. The Kier molecular flexibility index (Phi) is 5.32. The first-order chi connectivity index (χ1) is 9.61. The first-order valence-corrected chi connectivity index (χ1v) is 7.67. The van der Waals surface area contributed by atoms with E-state index >= 15 is 0 Å². The average molecular weight is 336 g/mol. The van der Waals surface area contributed by atoms with Crippen molar-refractivity contribution in [2.45, 2.75) is 32.4 Å². The molecular weight excluding hydrogens is 317 g/mol.